The summed E-state index contributed by atoms with van der Waals surface area (Å²) in [6.07, 6.45) is 1.57. The molecule has 4 aromatic rings. The van der Waals surface area contributed by atoms with Crippen molar-refractivity contribution < 1.29 is 9.53 Å². The maximum Gasteiger partial charge on any atom is 0.308 e. The summed E-state index contributed by atoms with van der Waals surface area (Å²) < 4.78 is 10.3. The molecule has 0 amide bonds. The number of hydrogen-bond donors (Lipinski definition) is 0. The van der Waals surface area contributed by atoms with E-state index in [1.165, 1.54) is 11.3 Å². The van der Waals surface area contributed by atoms with Gasteiger partial charge in [-0.25, -0.2) is 4.68 Å². The van der Waals surface area contributed by atoms with Crippen LogP contribution in [0, 0.1) is 6.92 Å². The number of thiazole rings is 1. The van der Waals surface area contributed by atoms with Gasteiger partial charge in [0.2, 0.25) is 5.88 Å². The van der Waals surface area contributed by atoms with Crippen LogP contribution in [0.5, 0.6) is 5.88 Å². The predicted octanol–water partition coefficient (Wildman–Crippen LogP) is 4.42. The van der Waals surface area contributed by atoms with Crippen LogP contribution >= 0.6 is 11.3 Å². The molecule has 30 heavy (non-hydrogen) atoms. The molecule has 7 heteroatoms. The molecule has 0 saturated heterocycles. The summed E-state index contributed by atoms with van der Waals surface area (Å²) in [5, 5.41) is 4.34. The van der Waals surface area contributed by atoms with Crippen molar-refractivity contribution in [1.29, 1.82) is 0 Å². The lowest BCUT2D eigenvalue weighted by Crippen LogP contribution is -2.13. The lowest BCUT2D eigenvalue weighted by molar-refractivity contribution is 0.103. The number of nitrogens with zero attached hydrogens (tertiary/aromatic N) is 3. The highest BCUT2D eigenvalue weighted by atomic mass is 32.1. The molecule has 2 heterocycles. The first kappa shape index (κ1) is 20.1. The number of hydrogen-bond acceptors (Lipinski definition) is 5. The SMILES string of the molecule is CCn1ncc(C(=O)c2ccc3sc(=O)n(CC)c3c2C)c1OCc1ccccc1. The van der Waals surface area contributed by atoms with E-state index in [-0.39, 0.29) is 10.7 Å². The summed E-state index contributed by atoms with van der Waals surface area (Å²) in [6.45, 7) is 7.29. The Balaban J connectivity index is 1.74. The fourth-order valence-electron chi connectivity index (χ4n) is 3.65. The maximum absolute atomic E-state index is 13.5. The molecule has 0 aliphatic rings. The highest BCUT2D eigenvalue weighted by molar-refractivity contribution is 7.16. The highest BCUT2D eigenvalue weighted by Gasteiger charge is 2.23. The minimum Gasteiger partial charge on any atom is -0.472 e. The Bertz CT molecular complexity index is 1270. The van der Waals surface area contributed by atoms with Crippen LogP contribution in [-0.2, 0) is 19.7 Å². The van der Waals surface area contributed by atoms with Crippen molar-refractivity contribution in [3.05, 3.63) is 80.6 Å². The Morgan fingerprint density at radius 1 is 1.07 bits per heavy atom. The molecule has 0 aliphatic carbocycles. The van der Waals surface area contributed by atoms with Gasteiger partial charge in [-0.3, -0.25) is 14.2 Å². The summed E-state index contributed by atoms with van der Waals surface area (Å²) in [4.78, 5) is 25.7. The average Bonchev–Trinajstić information content (AvgIpc) is 3.32. The molecular weight excluding hydrogens is 398 g/mol. The number of rotatable bonds is 7. The van der Waals surface area contributed by atoms with Gasteiger partial charge in [0, 0.05) is 18.7 Å². The van der Waals surface area contributed by atoms with E-state index in [1.54, 1.807) is 21.5 Å². The summed E-state index contributed by atoms with van der Waals surface area (Å²) in [5.74, 6) is 0.308. The molecule has 154 valence electrons. The lowest BCUT2D eigenvalue weighted by atomic mass is 10.00. The lowest BCUT2D eigenvalue weighted by Gasteiger charge is -2.12. The van der Waals surface area contributed by atoms with Crippen molar-refractivity contribution in [2.45, 2.75) is 40.5 Å². The van der Waals surface area contributed by atoms with E-state index in [1.807, 2.05) is 57.2 Å². The second kappa shape index (κ2) is 8.28. The monoisotopic (exact) mass is 421 g/mol. The molecule has 4 rings (SSSR count). The first-order valence-electron chi connectivity index (χ1n) is 9.95. The van der Waals surface area contributed by atoms with Crippen LogP contribution in [0.15, 0.2) is 53.5 Å². The van der Waals surface area contributed by atoms with Crippen molar-refractivity contribution in [2.24, 2.45) is 0 Å². The van der Waals surface area contributed by atoms with Crippen molar-refractivity contribution >= 4 is 27.3 Å². The number of ether oxygens (including phenoxy) is 1. The van der Waals surface area contributed by atoms with Gasteiger partial charge in [-0.2, -0.15) is 5.10 Å². The van der Waals surface area contributed by atoms with Crippen LogP contribution in [0.4, 0.5) is 0 Å². The van der Waals surface area contributed by atoms with Gasteiger partial charge in [0.25, 0.3) is 0 Å². The van der Waals surface area contributed by atoms with Crippen LogP contribution in [0.2, 0.25) is 0 Å². The molecule has 0 saturated carbocycles. The fraction of sp³-hybridized carbons (Fsp3) is 0.261. The van der Waals surface area contributed by atoms with E-state index in [4.69, 9.17) is 4.74 Å². The highest BCUT2D eigenvalue weighted by Crippen LogP contribution is 2.29. The van der Waals surface area contributed by atoms with E-state index < -0.39 is 0 Å². The van der Waals surface area contributed by atoms with Crippen LogP contribution in [0.3, 0.4) is 0 Å². The zero-order valence-corrected chi connectivity index (χ0v) is 18.0. The molecule has 0 aliphatic heterocycles. The molecular formula is C23H23N3O3S. The number of carbonyl (C=O) groups excluding carboxylic acids is 1. The first-order chi connectivity index (χ1) is 14.5. The van der Waals surface area contributed by atoms with Gasteiger partial charge in [0.15, 0.2) is 5.78 Å². The van der Waals surface area contributed by atoms with Crippen LogP contribution in [0.1, 0.15) is 40.9 Å². The summed E-state index contributed by atoms with van der Waals surface area (Å²) in [7, 11) is 0. The van der Waals surface area contributed by atoms with Gasteiger partial charge < -0.3 is 4.74 Å². The van der Waals surface area contributed by atoms with Crippen molar-refractivity contribution in [1.82, 2.24) is 14.3 Å². The second-order valence-electron chi connectivity index (χ2n) is 6.98. The standard InChI is InChI=1S/C23H23N3O3S/c1-4-25-20-15(3)17(11-12-19(20)30-23(25)28)21(27)18-13-24-26(5-2)22(18)29-14-16-9-7-6-8-10-16/h6-13H,4-5,14H2,1-3H3. The van der Waals surface area contributed by atoms with Crippen LogP contribution in [0.25, 0.3) is 10.2 Å². The van der Waals surface area contributed by atoms with Crippen LogP contribution < -0.4 is 9.61 Å². The molecule has 6 nitrogen and oxygen atoms in total. The molecule has 0 spiro atoms. The third-order valence-corrected chi connectivity index (χ3v) is 6.14. The van der Waals surface area contributed by atoms with E-state index in [0.29, 0.717) is 36.7 Å². The van der Waals surface area contributed by atoms with E-state index in [9.17, 15) is 9.59 Å². The zero-order chi connectivity index (χ0) is 21.3. The normalized spacial score (nSPS) is 11.2. The van der Waals surface area contributed by atoms with Crippen LogP contribution in [-0.4, -0.2) is 20.1 Å². The van der Waals surface area contributed by atoms with Gasteiger partial charge in [-0.05, 0) is 44.0 Å². The number of aryl methyl sites for hydroxylation is 3. The molecule has 0 atom stereocenters. The minimum atomic E-state index is -0.154. The third-order valence-electron chi connectivity index (χ3n) is 5.20. The van der Waals surface area contributed by atoms with Gasteiger partial charge in [-0.1, -0.05) is 41.7 Å². The quantitative estimate of drug-likeness (QED) is 0.415. The molecule has 0 N–H and O–H groups in total. The van der Waals surface area contributed by atoms with Crippen molar-refractivity contribution in [2.75, 3.05) is 0 Å². The predicted molar refractivity (Wildman–Crippen MR) is 119 cm³/mol. The van der Waals surface area contributed by atoms with Gasteiger partial charge in [0.05, 0.1) is 16.4 Å². The Labute approximate surface area is 178 Å². The number of aromatic nitrogens is 3. The van der Waals surface area contributed by atoms with E-state index >= 15 is 0 Å². The average molecular weight is 422 g/mol. The molecule has 0 bridgehead atoms. The third kappa shape index (κ3) is 3.45. The minimum absolute atomic E-state index is 0.00844. The molecule has 2 aromatic heterocycles. The van der Waals surface area contributed by atoms with Gasteiger partial charge in [-0.15, -0.1) is 0 Å². The summed E-state index contributed by atoms with van der Waals surface area (Å²) >= 11 is 1.21. The largest absolute Gasteiger partial charge is 0.472 e. The Morgan fingerprint density at radius 2 is 1.83 bits per heavy atom. The van der Waals surface area contributed by atoms with E-state index in [2.05, 4.69) is 5.10 Å². The van der Waals surface area contributed by atoms with Gasteiger partial charge >= 0.3 is 4.87 Å². The first-order valence-corrected chi connectivity index (χ1v) is 10.8. The summed E-state index contributed by atoms with van der Waals surface area (Å²) in [6, 6.07) is 13.5. The molecule has 0 radical (unpaired) electrons. The molecule has 0 unspecified atom stereocenters. The molecule has 0 fully saturated rings. The van der Waals surface area contributed by atoms with Gasteiger partial charge in [0.1, 0.15) is 12.2 Å². The number of ketones is 1. The zero-order valence-electron chi connectivity index (χ0n) is 17.2. The molecule has 2 aromatic carbocycles. The topological polar surface area (TPSA) is 66.1 Å². The second-order valence-corrected chi connectivity index (χ2v) is 7.97. The van der Waals surface area contributed by atoms with Crippen molar-refractivity contribution in [3.63, 3.8) is 0 Å². The number of carbonyl (C=O) groups is 1. The van der Waals surface area contributed by atoms with E-state index in [0.717, 1.165) is 21.3 Å². The Morgan fingerprint density at radius 3 is 2.53 bits per heavy atom. The van der Waals surface area contributed by atoms with Crippen molar-refractivity contribution in [3.8, 4) is 5.88 Å². The maximum atomic E-state index is 13.5. The number of fused-ring (bicyclic) bond motifs is 1. The smallest absolute Gasteiger partial charge is 0.308 e. The fourth-order valence-corrected chi connectivity index (χ4v) is 4.66. The summed E-state index contributed by atoms with van der Waals surface area (Å²) in [5.41, 5.74) is 3.63. The Kier molecular flexibility index (Phi) is 5.55. The Hall–Kier alpha value is -3.19. The number of benzene rings is 2.